The van der Waals surface area contributed by atoms with E-state index in [1.165, 1.54) is 6.07 Å². The fraction of sp³-hybridized carbons (Fsp3) is 0.385. The monoisotopic (exact) mass is 250 g/mol. The van der Waals surface area contributed by atoms with Crippen molar-refractivity contribution in [2.24, 2.45) is 0 Å². The molecule has 18 heavy (non-hydrogen) atoms. The Bertz CT molecular complexity index is 478. The molecule has 1 aromatic rings. The maximum Gasteiger partial charge on any atom is 0.251 e. The van der Waals surface area contributed by atoms with E-state index >= 15 is 0 Å². The molecule has 1 fully saturated rings. The number of hydrogen-bond acceptors (Lipinski definition) is 2. The molecule has 0 spiro atoms. The lowest BCUT2D eigenvalue weighted by Gasteiger charge is -2.23. The molecule has 96 valence electrons. The van der Waals surface area contributed by atoms with Crippen LogP contribution in [0.15, 0.2) is 18.2 Å². The predicted molar refractivity (Wildman–Crippen MR) is 64.6 cm³/mol. The Labute approximate surface area is 105 Å². The first kappa shape index (κ1) is 12.5. The molecule has 2 amide bonds. The summed E-state index contributed by atoms with van der Waals surface area (Å²) in [7, 11) is 0. The molecule has 0 radical (unpaired) electrons. The molecule has 1 heterocycles. The lowest BCUT2D eigenvalue weighted by molar-refractivity contribution is -0.122. The van der Waals surface area contributed by atoms with Crippen LogP contribution in [0.3, 0.4) is 0 Å². The molecule has 0 bridgehead atoms. The zero-order valence-corrected chi connectivity index (χ0v) is 10.1. The smallest absolute Gasteiger partial charge is 0.251 e. The van der Waals surface area contributed by atoms with Gasteiger partial charge in [-0.3, -0.25) is 9.59 Å². The highest BCUT2D eigenvalue weighted by Gasteiger charge is 2.20. The van der Waals surface area contributed by atoms with Gasteiger partial charge in [0.25, 0.3) is 5.91 Å². The van der Waals surface area contributed by atoms with Crippen LogP contribution in [-0.4, -0.2) is 24.4 Å². The number of benzene rings is 1. The summed E-state index contributed by atoms with van der Waals surface area (Å²) >= 11 is 0. The number of amides is 2. The third-order valence-electron chi connectivity index (χ3n) is 3.03. The molecule has 0 aromatic heterocycles. The summed E-state index contributed by atoms with van der Waals surface area (Å²) in [6.45, 7) is 2.08. The van der Waals surface area contributed by atoms with Gasteiger partial charge in [0, 0.05) is 24.6 Å². The molecular formula is C13H15FN2O2. The van der Waals surface area contributed by atoms with E-state index in [0.717, 1.165) is 0 Å². The molecule has 2 N–H and O–H groups in total. The minimum atomic E-state index is -0.389. The van der Waals surface area contributed by atoms with E-state index in [1.54, 1.807) is 19.1 Å². The van der Waals surface area contributed by atoms with E-state index in [4.69, 9.17) is 0 Å². The van der Waals surface area contributed by atoms with Gasteiger partial charge in [-0.2, -0.15) is 0 Å². The van der Waals surface area contributed by atoms with Gasteiger partial charge in [-0.15, -0.1) is 0 Å². The topological polar surface area (TPSA) is 58.2 Å². The highest BCUT2D eigenvalue weighted by Crippen LogP contribution is 2.10. The maximum absolute atomic E-state index is 13.3. The second kappa shape index (κ2) is 5.16. The summed E-state index contributed by atoms with van der Waals surface area (Å²) in [5.41, 5.74) is 0.812. The predicted octanol–water partition coefficient (Wildman–Crippen LogP) is 1.14. The number of halogens is 1. The largest absolute Gasteiger partial charge is 0.354 e. The van der Waals surface area contributed by atoms with Crippen LogP contribution < -0.4 is 10.6 Å². The molecule has 2 rings (SSSR count). The fourth-order valence-corrected chi connectivity index (χ4v) is 1.86. The highest BCUT2D eigenvalue weighted by atomic mass is 19.1. The van der Waals surface area contributed by atoms with Crippen molar-refractivity contribution in [1.29, 1.82) is 0 Å². The van der Waals surface area contributed by atoms with Gasteiger partial charge in [0.1, 0.15) is 5.82 Å². The Kier molecular flexibility index (Phi) is 3.60. The van der Waals surface area contributed by atoms with Crippen LogP contribution in [0.25, 0.3) is 0 Å². The van der Waals surface area contributed by atoms with Crippen molar-refractivity contribution < 1.29 is 14.0 Å². The third kappa shape index (κ3) is 2.85. The van der Waals surface area contributed by atoms with Gasteiger partial charge in [-0.25, -0.2) is 4.39 Å². The van der Waals surface area contributed by atoms with E-state index in [0.29, 0.717) is 30.5 Å². The standard InChI is InChI=1S/C13H15FN2O2/c1-8-2-3-9(6-11(8)14)13(18)16-10-4-5-12(17)15-7-10/h2-3,6,10H,4-5,7H2,1H3,(H,15,17)(H,16,18). The summed E-state index contributed by atoms with van der Waals surface area (Å²) in [5.74, 6) is -0.698. The normalized spacial score (nSPS) is 19.2. The van der Waals surface area contributed by atoms with Crippen molar-refractivity contribution in [3.8, 4) is 0 Å². The lowest BCUT2D eigenvalue weighted by Crippen LogP contribution is -2.47. The van der Waals surface area contributed by atoms with Crippen molar-refractivity contribution in [3.63, 3.8) is 0 Å². The Hall–Kier alpha value is -1.91. The molecule has 1 saturated heterocycles. The Morgan fingerprint density at radius 2 is 2.28 bits per heavy atom. The van der Waals surface area contributed by atoms with Crippen molar-refractivity contribution in [1.82, 2.24) is 10.6 Å². The Balaban J connectivity index is 1.99. The van der Waals surface area contributed by atoms with Gasteiger partial charge in [0.15, 0.2) is 0 Å². The van der Waals surface area contributed by atoms with Crippen LogP contribution in [0.4, 0.5) is 4.39 Å². The second-order valence-corrected chi connectivity index (χ2v) is 4.48. The SMILES string of the molecule is Cc1ccc(C(=O)NC2CCC(=O)NC2)cc1F. The summed E-state index contributed by atoms with van der Waals surface area (Å²) in [6, 6.07) is 4.31. The van der Waals surface area contributed by atoms with Crippen LogP contribution in [0.5, 0.6) is 0 Å². The summed E-state index contributed by atoms with van der Waals surface area (Å²) in [4.78, 5) is 22.8. The van der Waals surface area contributed by atoms with Gasteiger partial charge in [-0.05, 0) is 31.0 Å². The van der Waals surface area contributed by atoms with E-state index in [9.17, 15) is 14.0 Å². The molecule has 4 nitrogen and oxygen atoms in total. The number of hydrogen-bond donors (Lipinski definition) is 2. The van der Waals surface area contributed by atoms with Gasteiger partial charge in [0.05, 0.1) is 0 Å². The summed E-state index contributed by atoms with van der Waals surface area (Å²) < 4.78 is 13.3. The molecular weight excluding hydrogens is 235 g/mol. The summed E-state index contributed by atoms with van der Waals surface area (Å²) in [6.07, 6.45) is 1.03. The number of carbonyl (C=O) groups is 2. The van der Waals surface area contributed by atoms with Crippen molar-refractivity contribution in [3.05, 3.63) is 35.1 Å². The molecule has 1 aliphatic heterocycles. The van der Waals surface area contributed by atoms with Crippen molar-refractivity contribution in [2.75, 3.05) is 6.54 Å². The number of carbonyl (C=O) groups excluding carboxylic acids is 2. The Morgan fingerprint density at radius 3 is 2.89 bits per heavy atom. The van der Waals surface area contributed by atoms with Crippen LogP contribution in [0.2, 0.25) is 0 Å². The zero-order chi connectivity index (χ0) is 13.1. The fourth-order valence-electron chi connectivity index (χ4n) is 1.86. The molecule has 5 heteroatoms. The molecule has 1 aliphatic rings. The minimum Gasteiger partial charge on any atom is -0.354 e. The van der Waals surface area contributed by atoms with Crippen LogP contribution >= 0.6 is 0 Å². The first-order valence-corrected chi connectivity index (χ1v) is 5.90. The highest BCUT2D eigenvalue weighted by molar-refractivity contribution is 5.94. The molecule has 0 aliphatic carbocycles. The van der Waals surface area contributed by atoms with Crippen LogP contribution in [0, 0.1) is 12.7 Å². The average molecular weight is 250 g/mol. The molecule has 1 unspecified atom stereocenters. The third-order valence-corrected chi connectivity index (χ3v) is 3.03. The number of aryl methyl sites for hydroxylation is 1. The quantitative estimate of drug-likeness (QED) is 0.827. The van der Waals surface area contributed by atoms with Crippen molar-refractivity contribution in [2.45, 2.75) is 25.8 Å². The second-order valence-electron chi connectivity index (χ2n) is 4.48. The number of nitrogens with one attached hydrogen (secondary N) is 2. The van der Waals surface area contributed by atoms with E-state index < -0.39 is 0 Å². The van der Waals surface area contributed by atoms with Gasteiger partial charge in [-0.1, -0.05) is 6.07 Å². The lowest BCUT2D eigenvalue weighted by atomic mass is 10.1. The van der Waals surface area contributed by atoms with Gasteiger partial charge in [0.2, 0.25) is 5.91 Å². The Morgan fingerprint density at radius 1 is 1.50 bits per heavy atom. The van der Waals surface area contributed by atoms with Gasteiger partial charge >= 0.3 is 0 Å². The molecule has 0 saturated carbocycles. The van der Waals surface area contributed by atoms with Crippen LogP contribution in [-0.2, 0) is 4.79 Å². The van der Waals surface area contributed by atoms with E-state index in [-0.39, 0.29) is 23.7 Å². The maximum atomic E-state index is 13.3. The van der Waals surface area contributed by atoms with E-state index in [2.05, 4.69) is 10.6 Å². The summed E-state index contributed by atoms with van der Waals surface area (Å²) in [5, 5.41) is 5.46. The zero-order valence-electron chi connectivity index (χ0n) is 10.1. The van der Waals surface area contributed by atoms with E-state index in [1.807, 2.05) is 0 Å². The number of rotatable bonds is 2. The first-order chi connectivity index (χ1) is 8.56. The van der Waals surface area contributed by atoms with Gasteiger partial charge < -0.3 is 10.6 Å². The first-order valence-electron chi connectivity index (χ1n) is 5.90. The molecule has 1 atom stereocenters. The minimum absolute atomic E-state index is 0.00174. The molecule has 1 aromatic carbocycles. The van der Waals surface area contributed by atoms with Crippen molar-refractivity contribution >= 4 is 11.8 Å². The van der Waals surface area contributed by atoms with Crippen LogP contribution in [0.1, 0.15) is 28.8 Å². The number of piperidine rings is 1. The average Bonchev–Trinajstić information content (AvgIpc) is 2.35.